The Morgan fingerprint density at radius 2 is 1.71 bits per heavy atom. The second-order valence-electron chi connectivity index (χ2n) is 6.82. The van der Waals surface area contributed by atoms with Crippen molar-refractivity contribution in [3.8, 4) is 11.3 Å². The molecule has 0 bridgehead atoms. The third-order valence-corrected chi connectivity index (χ3v) is 5.73. The summed E-state index contributed by atoms with van der Waals surface area (Å²) in [5.74, 6) is 1.08. The zero-order valence-electron chi connectivity index (χ0n) is 15.2. The predicted molar refractivity (Wildman–Crippen MR) is 116 cm³/mol. The van der Waals surface area contributed by atoms with E-state index in [4.69, 9.17) is 11.6 Å². The molecular formula is C21H20BrClN4O. The highest BCUT2D eigenvalue weighted by Gasteiger charge is 2.22. The molecule has 0 unspecified atom stereocenters. The molecule has 0 saturated carbocycles. The van der Waals surface area contributed by atoms with Crippen LogP contribution in [-0.2, 0) is 11.2 Å². The van der Waals surface area contributed by atoms with E-state index in [1.807, 2.05) is 59.5 Å². The number of nitrogens with one attached hydrogen (secondary N) is 1. The summed E-state index contributed by atoms with van der Waals surface area (Å²) in [6.45, 7) is 2.96. The van der Waals surface area contributed by atoms with Crippen LogP contribution in [0.1, 0.15) is 5.56 Å². The Kier molecular flexibility index (Phi) is 5.69. The van der Waals surface area contributed by atoms with Gasteiger partial charge < -0.3 is 9.80 Å². The van der Waals surface area contributed by atoms with Crippen molar-refractivity contribution in [3.63, 3.8) is 0 Å². The van der Waals surface area contributed by atoms with E-state index >= 15 is 0 Å². The van der Waals surface area contributed by atoms with Crippen LogP contribution in [0.3, 0.4) is 0 Å². The van der Waals surface area contributed by atoms with E-state index in [9.17, 15) is 4.79 Å². The molecule has 0 spiro atoms. The van der Waals surface area contributed by atoms with Crippen molar-refractivity contribution in [1.82, 2.24) is 15.1 Å². The number of aromatic nitrogens is 2. The number of piperazine rings is 1. The molecule has 3 aromatic rings. The number of hydrogen-bond donors (Lipinski definition) is 1. The van der Waals surface area contributed by atoms with E-state index in [1.165, 1.54) is 0 Å². The molecule has 0 aliphatic carbocycles. The maximum atomic E-state index is 12.6. The molecule has 7 heteroatoms. The summed E-state index contributed by atoms with van der Waals surface area (Å²) in [7, 11) is 0. The van der Waals surface area contributed by atoms with Gasteiger partial charge in [0.15, 0.2) is 5.82 Å². The lowest BCUT2D eigenvalue weighted by molar-refractivity contribution is -0.130. The van der Waals surface area contributed by atoms with Crippen molar-refractivity contribution in [1.29, 1.82) is 0 Å². The van der Waals surface area contributed by atoms with Crippen LogP contribution in [0.4, 0.5) is 5.82 Å². The van der Waals surface area contributed by atoms with Gasteiger partial charge in [-0.05, 0) is 35.4 Å². The maximum absolute atomic E-state index is 12.6. The molecule has 4 rings (SSSR count). The van der Waals surface area contributed by atoms with Crippen LogP contribution in [0.25, 0.3) is 11.3 Å². The first-order valence-electron chi connectivity index (χ1n) is 9.17. The average Bonchev–Trinajstić information content (AvgIpc) is 3.20. The Morgan fingerprint density at radius 1 is 1.04 bits per heavy atom. The number of carbonyl (C=O) groups excluding carboxylic acids is 1. The number of halogens is 2. The van der Waals surface area contributed by atoms with Gasteiger partial charge in [-0.2, -0.15) is 5.10 Å². The van der Waals surface area contributed by atoms with Gasteiger partial charge in [0, 0.05) is 41.7 Å². The number of carbonyl (C=O) groups is 1. The smallest absolute Gasteiger partial charge is 0.227 e. The minimum absolute atomic E-state index is 0.172. The van der Waals surface area contributed by atoms with Crippen molar-refractivity contribution in [3.05, 3.63) is 69.7 Å². The molecule has 1 amide bonds. The molecule has 2 heterocycles. The molecule has 1 saturated heterocycles. The van der Waals surface area contributed by atoms with Gasteiger partial charge in [0.2, 0.25) is 5.91 Å². The number of amides is 1. The standard InChI is InChI=1S/C21H20BrClN4O/c22-17-5-1-15(2-6-17)13-21(28)27-11-9-26(10-12-27)20-14-19(24-25-20)16-3-7-18(23)8-4-16/h1-8,14H,9-13H2,(H,24,25). The molecule has 1 aliphatic rings. The molecule has 0 radical (unpaired) electrons. The summed E-state index contributed by atoms with van der Waals surface area (Å²) >= 11 is 9.38. The quantitative estimate of drug-likeness (QED) is 0.630. The lowest BCUT2D eigenvalue weighted by Gasteiger charge is -2.34. The van der Waals surface area contributed by atoms with Gasteiger partial charge in [0.25, 0.3) is 0 Å². The number of aromatic amines is 1. The van der Waals surface area contributed by atoms with E-state index in [2.05, 4.69) is 31.0 Å². The third-order valence-electron chi connectivity index (χ3n) is 4.94. The van der Waals surface area contributed by atoms with E-state index in [0.717, 1.165) is 40.2 Å². The third kappa shape index (κ3) is 4.39. The fraction of sp³-hybridized carbons (Fsp3) is 0.238. The molecule has 144 valence electrons. The van der Waals surface area contributed by atoms with Crippen LogP contribution < -0.4 is 4.90 Å². The second kappa shape index (κ2) is 8.37. The molecule has 5 nitrogen and oxygen atoms in total. The van der Waals surface area contributed by atoms with Gasteiger partial charge >= 0.3 is 0 Å². The number of hydrogen-bond acceptors (Lipinski definition) is 3. The Hall–Kier alpha value is -2.31. The van der Waals surface area contributed by atoms with Crippen molar-refractivity contribution >= 4 is 39.3 Å². The molecule has 28 heavy (non-hydrogen) atoms. The number of rotatable bonds is 4. The monoisotopic (exact) mass is 458 g/mol. The molecule has 1 N–H and O–H groups in total. The van der Waals surface area contributed by atoms with Gasteiger partial charge in [-0.3, -0.25) is 9.89 Å². The first kappa shape index (κ1) is 19.0. The summed E-state index contributed by atoms with van der Waals surface area (Å²) < 4.78 is 1.02. The van der Waals surface area contributed by atoms with Crippen LogP contribution in [-0.4, -0.2) is 47.2 Å². The average molecular weight is 460 g/mol. The van der Waals surface area contributed by atoms with E-state index < -0.39 is 0 Å². The Morgan fingerprint density at radius 3 is 2.39 bits per heavy atom. The zero-order chi connectivity index (χ0) is 19.5. The molecule has 0 atom stereocenters. The van der Waals surface area contributed by atoms with Crippen LogP contribution in [0.5, 0.6) is 0 Å². The highest BCUT2D eigenvalue weighted by molar-refractivity contribution is 9.10. The van der Waals surface area contributed by atoms with Crippen molar-refractivity contribution in [2.75, 3.05) is 31.1 Å². The molecule has 2 aromatic carbocycles. The Balaban J connectivity index is 1.34. The second-order valence-corrected chi connectivity index (χ2v) is 8.17. The van der Waals surface area contributed by atoms with Crippen molar-refractivity contribution < 1.29 is 4.79 Å². The highest BCUT2D eigenvalue weighted by atomic mass is 79.9. The molecule has 1 aliphatic heterocycles. The van der Waals surface area contributed by atoms with Gasteiger partial charge in [-0.15, -0.1) is 0 Å². The first-order chi connectivity index (χ1) is 13.6. The van der Waals surface area contributed by atoms with Gasteiger partial charge in [-0.1, -0.05) is 51.8 Å². The number of H-pyrrole nitrogens is 1. The number of nitrogens with zero attached hydrogens (tertiary/aromatic N) is 3. The summed E-state index contributed by atoms with van der Waals surface area (Å²) in [5.41, 5.74) is 3.04. The summed E-state index contributed by atoms with van der Waals surface area (Å²) in [6, 6.07) is 17.6. The lowest BCUT2D eigenvalue weighted by atomic mass is 10.1. The first-order valence-corrected chi connectivity index (χ1v) is 10.3. The maximum Gasteiger partial charge on any atom is 0.227 e. The lowest BCUT2D eigenvalue weighted by Crippen LogP contribution is -2.49. The number of anilines is 1. The van der Waals surface area contributed by atoms with Crippen LogP contribution in [0.2, 0.25) is 5.02 Å². The van der Waals surface area contributed by atoms with Gasteiger partial charge in [0.05, 0.1) is 12.1 Å². The minimum atomic E-state index is 0.172. The Labute approximate surface area is 177 Å². The van der Waals surface area contributed by atoms with E-state index in [0.29, 0.717) is 24.5 Å². The van der Waals surface area contributed by atoms with Gasteiger partial charge in [-0.25, -0.2) is 0 Å². The summed E-state index contributed by atoms with van der Waals surface area (Å²) in [6.07, 6.45) is 0.441. The van der Waals surface area contributed by atoms with Crippen molar-refractivity contribution in [2.45, 2.75) is 6.42 Å². The van der Waals surface area contributed by atoms with Crippen LogP contribution in [0, 0.1) is 0 Å². The van der Waals surface area contributed by atoms with Crippen LogP contribution in [0.15, 0.2) is 59.1 Å². The van der Waals surface area contributed by atoms with Crippen LogP contribution >= 0.6 is 27.5 Å². The molecule has 1 aromatic heterocycles. The van der Waals surface area contributed by atoms with Gasteiger partial charge in [0.1, 0.15) is 0 Å². The minimum Gasteiger partial charge on any atom is -0.352 e. The topological polar surface area (TPSA) is 52.2 Å². The predicted octanol–water partition coefficient (Wildman–Crippen LogP) is 4.38. The summed E-state index contributed by atoms with van der Waals surface area (Å²) in [5, 5.41) is 8.25. The zero-order valence-corrected chi connectivity index (χ0v) is 17.6. The largest absolute Gasteiger partial charge is 0.352 e. The number of benzene rings is 2. The Bertz CT molecular complexity index is 947. The van der Waals surface area contributed by atoms with E-state index in [-0.39, 0.29) is 5.91 Å². The highest BCUT2D eigenvalue weighted by Crippen LogP contribution is 2.24. The fourth-order valence-corrected chi connectivity index (χ4v) is 3.71. The fourth-order valence-electron chi connectivity index (χ4n) is 3.32. The molecular weight excluding hydrogens is 440 g/mol. The SMILES string of the molecule is O=C(Cc1ccc(Br)cc1)N1CCN(c2cc(-c3ccc(Cl)cc3)[nH]n2)CC1. The van der Waals surface area contributed by atoms with E-state index in [1.54, 1.807) is 0 Å². The van der Waals surface area contributed by atoms with Crippen molar-refractivity contribution in [2.24, 2.45) is 0 Å². The molecule has 1 fully saturated rings. The summed E-state index contributed by atoms with van der Waals surface area (Å²) in [4.78, 5) is 16.7. The normalized spacial score (nSPS) is 14.4.